The Balaban J connectivity index is 2.43. The van der Waals surface area contributed by atoms with Crippen LogP contribution in [-0.2, 0) is 0 Å². The molecule has 0 bridgehead atoms. The highest BCUT2D eigenvalue weighted by molar-refractivity contribution is 5.98. The Labute approximate surface area is 96.2 Å². The van der Waals surface area contributed by atoms with Crippen LogP contribution >= 0.6 is 0 Å². The van der Waals surface area contributed by atoms with Crippen molar-refractivity contribution in [3.8, 4) is 0 Å². The smallest absolute Gasteiger partial charge is 0.145 e. The van der Waals surface area contributed by atoms with Gasteiger partial charge in [0.05, 0.1) is 14.1 Å². The molecule has 16 heavy (non-hydrogen) atoms. The zero-order valence-electron chi connectivity index (χ0n) is 9.99. The Morgan fingerprint density at radius 3 is 2.50 bits per heavy atom. The second-order valence-corrected chi connectivity index (χ2v) is 4.96. The van der Waals surface area contributed by atoms with Crippen molar-refractivity contribution >= 4 is 22.5 Å². The molecule has 0 fully saturated rings. The molecule has 0 saturated carbocycles. The van der Waals surface area contributed by atoms with E-state index in [1.54, 1.807) is 0 Å². The third-order valence-electron chi connectivity index (χ3n) is 3.78. The van der Waals surface area contributed by atoms with Gasteiger partial charge < -0.3 is 0 Å². The number of quaternary nitrogens is 1. The Morgan fingerprint density at radius 2 is 1.69 bits per heavy atom. The summed E-state index contributed by atoms with van der Waals surface area (Å²) in [5.74, 6) is 0. The third kappa shape index (κ3) is 1.09. The summed E-state index contributed by atoms with van der Waals surface area (Å²) in [5, 5.41) is 2.69. The van der Waals surface area contributed by atoms with Crippen LogP contribution < -0.4 is 4.48 Å². The Morgan fingerprint density at radius 1 is 0.938 bits per heavy atom. The predicted octanol–water partition coefficient (Wildman–Crippen LogP) is 3.78. The van der Waals surface area contributed by atoms with Crippen molar-refractivity contribution < 1.29 is 0 Å². The second-order valence-electron chi connectivity index (χ2n) is 4.96. The van der Waals surface area contributed by atoms with Gasteiger partial charge in [0.1, 0.15) is 11.4 Å². The second kappa shape index (κ2) is 2.96. The fourth-order valence-electron chi connectivity index (χ4n) is 2.48. The van der Waals surface area contributed by atoms with Gasteiger partial charge in [0, 0.05) is 24.6 Å². The minimum absolute atomic E-state index is 0.875. The number of rotatable bonds is 0. The average Bonchev–Trinajstić information content (AvgIpc) is 2.51. The van der Waals surface area contributed by atoms with Crippen LogP contribution in [0.2, 0.25) is 0 Å². The van der Waals surface area contributed by atoms with Gasteiger partial charge in [-0.25, -0.2) is 0 Å². The molecule has 2 aromatic rings. The summed E-state index contributed by atoms with van der Waals surface area (Å²) in [7, 11) is 4.49. The van der Waals surface area contributed by atoms with Crippen molar-refractivity contribution in [2.75, 3.05) is 14.1 Å². The molecule has 0 aromatic heterocycles. The minimum Gasteiger partial charge on any atom is -0.267 e. The summed E-state index contributed by atoms with van der Waals surface area (Å²) in [6, 6.07) is 13.1. The molecule has 0 spiro atoms. The van der Waals surface area contributed by atoms with Gasteiger partial charge in [0.15, 0.2) is 0 Å². The van der Waals surface area contributed by atoms with Crippen LogP contribution in [0.5, 0.6) is 0 Å². The van der Waals surface area contributed by atoms with Crippen molar-refractivity contribution in [2.24, 2.45) is 0 Å². The van der Waals surface area contributed by atoms with E-state index < -0.39 is 0 Å². The lowest BCUT2D eigenvalue weighted by Crippen LogP contribution is -2.35. The van der Waals surface area contributed by atoms with E-state index in [1.807, 2.05) is 0 Å². The molecular weight excluding hydrogens is 194 g/mol. The van der Waals surface area contributed by atoms with E-state index in [0.717, 1.165) is 4.48 Å². The Kier molecular flexibility index (Phi) is 1.78. The molecule has 1 heteroatoms. The number of hydrogen-bond acceptors (Lipinski definition) is 0. The van der Waals surface area contributed by atoms with Crippen LogP contribution in [0, 0.1) is 0 Å². The molecule has 2 aromatic carbocycles. The molecule has 80 valence electrons. The normalized spacial score (nSPS) is 17.3. The van der Waals surface area contributed by atoms with Gasteiger partial charge in [-0.15, -0.1) is 0 Å². The quantitative estimate of drug-likeness (QED) is 0.580. The summed E-state index contributed by atoms with van der Waals surface area (Å²) in [6.45, 7) is 2.20. The van der Waals surface area contributed by atoms with Gasteiger partial charge in [-0.2, -0.15) is 0 Å². The van der Waals surface area contributed by atoms with Crippen LogP contribution in [0.4, 0.5) is 5.69 Å². The zero-order valence-corrected chi connectivity index (χ0v) is 9.99. The van der Waals surface area contributed by atoms with E-state index >= 15 is 0 Å². The topological polar surface area (TPSA) is 0 Å². The molecule has 0 aliphatic carbocycles. The molecular formula is C15H16N+. The van der Waals surface area contributed by atoms with E-state index in [4.69, 9.17) is 0 Å². The predicted molar refractivity (Wildman–Crippen MR) is 71.2 cm³/mol. The summed E-state index contributed by atoms with van der Waals surface area (Å²) < 4.78 is 0.875. The van der Waals surface area contributed by atoms with E-state index in [1.165, 1.54) is 27.7 Å². The van der Waals surface area contributed by atoms with Crippen LogP contribution in [-0.4, -0.2) is 14.1 Å². The number of benzene rings is 2. The molecule has 0 atom stereocenters. The molecule has 1 aliphatic rings. The fourth-order valence-corrected chi connectivity index (χ4v) is 2.48. The van der Waals surface area contributed by atoms with Crippen LogP contribution in [0.25, 0.3) is 16.8 Å². The highest BCUT2D eigenvalue weighted by Gasteiger charge is 2.31. The number of nitrogens with zero attached hydrogens (tertiary/aromatic N) is 1. The molecule has 0 unspecified atom stereocenters. The van der Waals surface area contributed by atoms with E-state index in [2.05, 4.69) is 63.5 Å². The summed E-state index contributed by atoms with van der Waals surface area (Å²) >= 11 is 0. The van der Waals surface area contributed by atoms with Gasteiger partial charge in [-0.05, 0) is 16.8 Å². The van der Waals surface area contributed by atoms with Crippen molar-refractivity contribution in [2.45, 2.75) is 6.92 Å². The van der Waals surface area contributed by atoms with Crippen molar-refractivity contribution in [3.63, 3.8) is 0 Å². The van der Waals surface area contributed by atoms with E-state index in [-0.39, 0.29) is 0 Å². The molecule has 1 nitrogen and oxygen atoms in total. The summed E-state index contributed by atoms with van der Waals surface area (Å²) in [4.78, 5) is 0. The molecule has 0 amide bonds. The lowest BCUT2D eigenvalue weighted by atomic mass is 10.0. The Bertz CT molecular complexity index is 606. The molecule has 0 radical (unpaired) electrons. The standard InChI is InChI=1S/C15H16N/c1-11-10-14-13-7-5-4-6-12(13)8-9-15(14)16(11,2)3/h4-10H,1-3H3/q+1. The maximum atomic E-state index is 2.32. The van der Waals surface area contributed by atoms with Gasteiger partial charge in [-0.1, -0.05) is 24.3 Å². The lowest BCUT2D eigenvalue weighted by Gasteiger charge is -2.25. The van der Waals surface area contributed by atoms with Crippen molar-refractivity contribution in [1.29, 1.82) is 0 Å². The van der Waals surface area contributed by atoms with E-state index in [9.17, 15) is 0 Å². The summed E-state index contributed by atoms with van der Waals surface area (Å²) in [6.07, 6.45) is 2.32. The monoisotopic (exact) mass is 210 g/mol. The first-order chi connectivity index (χ1) is 7.60. The fraction of sp³-hybridized carbons (Fsp3) is 0.200. The van der Waals surface area contributed by atoms with Crippen LogP contribution in [0.3, 0.4) is 0 Å². The van der Waals surface area contributed by atoms with Gasteiger partial charge in [0.25, 0.3) is 0 Å². The first kappa shape index (κ1) is 9.61. The molecule has 1 heterocycles. The first-order valence-corrected chi connectivity index (χ1v) is 5.66. The number of hydrogen-bond donors (Lipinski definition) is 0. The average molecular weight is 210 g/mol. The maximum absolute atomic E-state index is 2.32. The van der Waals surface area contributed by atoms with Crippen molar-refractivity contribution in [1.82, 2.24) is 4.48 Å². The van der Waals surface area contributed by atoms with Crippen LogP contribution in [0.1, 0.15) is 12.5 Å². The first-order valence-electron chi connectivity index (χ1n) is 5.66. The Hall–Kier alpha value is -1.60. The third-order valence-corrected chi connectivity index (χ3v) is 3.78. The van der Waals surface area contributed by atoms with E-state index in [0.29, 0.717) is 0 Å². The molecule has 0 N–H and O–H groups in total. The zero-order chi connectivity index (χ0) is 11.3. The van der Waals surface area contributed by atoms with Crippen molar-refractivity contribution in [3.05, 3.63) is 47.7 Å². The molecule has 0 saturated heterocycles. The molecule has 1 aliphatic heterocycles. The maximum Gasteiger partial charge on any atom is 0.145 e. The van der Waals surface area contributed by atoms with Gasteiger partial charge in [-0.3, -0.25) is 4.48 Å². The number of fused-ring (bicyclic) bond motifs is 3. The SMILES string of the molecule is CC1=Cc2c(ccc3ccccc23)[N+]1(C)C. The summed E-state index contributed by atoms with van der Waals surface area (Å²) in [5.41, 5.74) is 4.18. The largest absolute Gasteiger partial charge is 0.267 e. The highest BCUT2D eigenvalue weighted by Crippen LogP contribution is 2.40. The highest BCUT2D eigenvalue weighted by atomic mass is 15.3. The number of allylic oxidation sites excluding steroid dienone is 1. The minimum atomic E-state index is 0.875. The van der Waals surface area contributed by atoms with Gasteiger partial charge in [0.2, 0.25) is 0 Å². The lowest BCUT2D eigenvalue weighted by molar-refractivity contribution is 0.508. The molecule has 3 rings (SSSR count). The van der Waals surface area contributed by atoms with Crippen LogP contribution in [0.15, 0.2) is 42.1 Å². The van der Waals surface area contributed by atoms with Gasteiger partial charge >= 0.3 is 0 Å².